The fourth-order valence-corrected chi connectivity index (χ4v) is 2.28. The summed E-state index contributed by atoms with van der Waals surface area (Å²) in [7, 11) is 0. The van der Waals surface area contributed by atoms with Gasteiger partial charge in [0.15, 0.2) is 0 Å². The van der Waals surface area contributed by atoms with E-state index in [0.29, 0.717) is 16.3 Å². The molecule has 0 fully saturated rings. The Kier molecular flexibility index (Phi) is 5.96. The van der Waals surface area contributed by atoms with Gasteiger partial charge in [-0.1, -0.05) is 41.4 Å². The molecule has 2 N–H and O–H groups in total. The van der Waals surface area contributed by atoms with Crippen molar-refractivity contribution in [1.29, 1.82) is 0 Å². The first-order chi connectivity index (χ1) is 8.43. The number of phenols is 1. The SMILES string of the molecule is CC(C)CC(CBr)NC(=O)c1cc(Cl)ccc1O. The molecule has 1 aromatic carbocycles. The zero-order valence-electron chi connectivity index (χ0n) is 10.4. The molecular formula is C13H17BrClNO2. The largest absolute Gasteiger partial charge is 0.507 e. The van der Waals surface area contributed by atoms with Crippen molar-refractivity contribution >= 4 is 33.4 Å². The number of halogens is 2. The normalized spacial score (nSPS) is 12.5. The fraction of sp³-hybridized carbons (Fsp3) is 0.462. The van der Waals surface area contributed by atoms with Gasteiger partial charge in [0.05, 0.1) is 5.56 Å². The zero-order valence-corrected chi connectivity index (χ0v) is 12.8. The first-order valence-electron chi connectivity index (χ1n) is 5.79. The molecule has 0 aliphatic carbocycles. The Hall–Kier alpha value is -0.740. The lowest BCUT2D eigenvalue weighted by Crippen LogP contribution is -2.37. The van der Waals surface area contributed by atoms with Gasteiger partial charge in [-0.3, -0.25) is 4.79 Å². The predicted molar refractivity (Wildman–Crippen MR) is 77.6 cm³/mol. The number of nitrogens with one attached hydrogen (secondary N) is 1. The number of carbonyl (C=O) groups is 1. The van der Waals surface area contributed by atoms with E-state index in [1.54, 1.807) is 6.07 Å². The number of rotatable bonds is 5. The predicted octanol–water partition coefficient (Wildman–Crippen LogP) is 3.59. The Morgan fingerprint density at radius 1 is 1.50 bits per heavy atom. The van der Waals surface area contributed by atoms with Crippen molar-refractivity contribution < 1.29 is 9.90 Å². The van der Waals surface area contributed by atoms with E-state index in [4.69, 9.17) is 11.6 Å². The number of aromatic hydroxyl groups is 1. The van der Waals surface area contributed by atoms with Crippen LogP contribution in [0, 0.1) is 5.92 Å². The molecule has 1 atom stereocenters. The van der Waals surface area contributed by atoms with Crippen LogP contribution in [0.2, 0.25) is 5.02 Å². The molecule has 0 saturated carbocycles. The maximum absolute atomic E-state index is 12.0. The summed E-state index contributed by atoms with van der Waals surface area (Å²) in [4.78, 5) is 12.0. The summed E-state index contributed by atoms with van der Waals surface area (Å²) in [6.45, 7) is 4.19. The summed E-state index contributed by atoms with van der Waals surface area (Å²) in [5, 5.41) is 13.6. The van der Waals surface area contributed by atoms with Crippen molar-refractivity contribution in [2.45, 2.75) is 26.3 Å². The highest BCUT2D eigenvalue weighted by Crippen LogP contribution is 2.21. The Labute approximate surface area is 121 Å². The van der Waals surface area contributed by atoms with E-state index in [2.05, 4.69) is 35.1 Å². The fourth-order valence-electron chi connectivity index (χ4n) is 1.68. The van der Waals surface area contributed by atoms with Gasteiger partial charge in [-0.05, 0) is 30.5 Å². The van der Waals surface area contributed by atoms with E-state index in [1.165, 1.54) is 12.1 Å². The molecule has 0 radical (unpaired) electrons. The topological polar surface area (TPSA) is 49.3 Å². The highest BCUT2D eigenvalue weighted by Gasteiger charge is 2.17. The van der Waals surface area contributed by atoms with Crippen LogP contribution in [0.4, 0.5) is 0 Å². The van der Waals surface area contributed by atoms with Crippen molar-refractivity contribution in [1.82, 2.24) is 5.32 Å². The smallest absolute Gasteiger partial charge is 0.255 e. The Morgan fingerprint density at radius 3 is 2.72 bits per heavy atom. The molecule has 1 aromatic rings. The van der Waals surface area contributed by atoms with Crippen molar-refractivity contribution in [2.75, 3.05) is 5.33 Å². The van der Waals surface area contributed by atoms with Gasteiger partial charge in [0, 0.05) is 16.4 Å². The molecule has 0 bridgehead atoms. The van der Waals surface area contributed by atoms with E-state index in [9.17, 15) is 9.90 Å². The average molecular weight is 335 g/mol. The molecule has 1 rings (SSSR count). The third-order valence-corrected chi connectivity index (χ3v) is 3.50. The lowest BCUT2D eigenvalue weighted by Gasteiger charge is -2.18. The average Bonchev–Trinajstić information content (AvgIpc) is 2.30. The van der Waals surface area contributed by atoms with Gasteiger partial charge in [-0.25, -0.2) is 0 Å². The van der Waals surface area contributed by atoms with Crippen LogP contribution >= 0.6 is 27.5 Å². The number of amides is 1. The number of hydrogen-bond donors (Lipinski definition) is 2. The molecule has 18 heavy (non-hydrogen) atoms. The van der Waals surface area contributed by atoms with Gasteiger partial charge in [0.2, 0.25) is 0 Å². The van der Waals surface area contributed by atoms with Crippen LogP contribution in [-0.2, 0) is 0 Å². The van der Waals surface area contributed by atoms with Crippen molar-refractivity contribution in [3.63, 3.8) is 0 Å². The number of alkyl halides is 1. The van der Waals surface area contributed by atoms with Crippen molar-refractivity contribution in [3.8, 4) is 5.75 Å². The molecule has 0 aliphatic rings. The molecule has 100 valence electrons. The lowest BCUT2D eigenvalue weighted by molar-refractivity contribution is 0.0934. The molecule has 0 aliphatic heterocycles. The van der Waals surface area contributed by atoms with Gasteiger partial charge < -0.3 is 10.4 Å². The van der Waals surface area contributed by atoms with Gasteiger partial charge in [-0.2, -0.15) is 0 Å². The van der Waals surface area contributed by atoms with Gasteiger partial charge in [-0.15, -0.1) is 0 Å². The first-order valence-corrected chi connectivity index (χ1v) is 7.29. The summed E-state index contributed by atoms with van der Waals surface area (Å²) in [5.41, 5.74) is 0.206. The van der Waals surface area contributed by atoms with Crippen LogP contribution in [0.15, 0.2) is 18.2 Å². The third-order valence-electron chi connectivity index (χ3n) is 2.48. The molecule has 0 saturated heterocycles. The summed E-state index contributed by atoms with van der Waals surface area (Å²) in [6.07, 6.45) is 0.873. The highest BCUT2D eigenvalue weighted by atomic mass is 79.9. The van der Waals surface area contributed by atoms with Crippen LogP contribution in [-0.4, -0.2) is 22.4 Å². The van der Waals surface area contributed by atoms with E-state index in [0.717, 1.165) is 6.42 Å². The second kappa shape index (κ2) is 7.00. The number of phenolic OH excluding ortho intramolecular Hbond substituents is 1. The summed E-state index contributed by atoms with van der Waals surface area (Å²) < 4.78 is 0. The summed E-state index contributed by atoms with van der Waals surface area (Å²) in [5.74, 6) is 0.121. The van der Waals surface area contributed by atoms with Gasteiger partial charge in [0.1, 0.15) is 5.75 Å². The Morgan fingerprint density at radius 2 is 2.17 bits per heavy atom. The summed E-state index contributed by atoms with van der Waals surface area (Å²) in [6, 6.07) is 4.47. The number of carbonyl (C=O) groups excluding carboxylic acids is 1. The van der Waals surface area contributed by atoms with Crippen LogP contribution < -0.4 is 5.32 Å². The third kappa shape index (κ3) is 4.50. The minimum atomic E-state index is -0.305. The molecule has 0 aromatic heterocycles. The Bertz CT molecular complexity index is 423. The van der Waals surface area contributed by atoms with Crippen LogP contribution in [0.25, 0.3) is 0 Å². The zero-order chi connectivity index (χ0) is 13.7. The van der Waals surface area contributed by atoms with E-state index in [1.807, 2.05) is 0 Å². The van der Waals surface area contributed by atoms with E-state index in [-0.39, 0.29) is 23.3 Å². The molecule has 3 nitrogen and oxygen atoms in total. The standard InChI is InChI=1S/C13H17BrClNO2/c1-8(2)5-10(7-14)16-13(18)11-6-9(15)3-4-12(11)17/h3-4,6,8,10,17H,5,7H2,1-2H3,(H,16,18). The van der Waals surface area contributed by atoms with E-state index >= 15 is 0 Å². The monoisotopic (exact) mass is 333 g/mol. The number of hydrogen-bond acceptors (Lipinski definition) is 2. The first kappa shape index (κ1) is 15.3. The molecule has 1 unspecified atom stereocenters. The van der Waals surface area contributed by atoms with Crippen molar-refractivity contribution in [2.24, 2.45) is 5.92 Å². The van der Waals surface area contributed by atoms with Crippen LogP contribution in [0.3, 0.4) is 0 Å². The quantitative estimate of drug-likeness (QED) is 0.809. The summed E-state index contributed by atoms with van der Waals surface area (Å²) >= 11 is 9.19. The van der Waals surface area contributed by atoms with Gasteiger partial charge >= 0.3 is 0 Å². The van der Waals surface area contributed by atoms with E-state index < -0.39 is 0 Å². The van der Waals surface area contributed by atoms with Crippen molar-refractivity contribution in [3.05, 3.63) is 28.8 Å². The highest BCUT2D eigenvalue weighted by molar-refractivity contribution is 9.09. The maximum atomic E-state index is 12.0. The second-order valence-electron chi connectivity index (χ2n) is 4.62. The molecule has 0 heterocycles. The second-order valence-corrected chi connectivity index (χ2v) is 5.70. The van der Waals surface area contributed by atoms with Gasteiger partial charge in [0.25, 0.3) is 5.91 Å². The minimum absolute atomic E-state index is 0.0379. The number of benzene rings is 1. The molecule has 5 heteroatoms. The molecular weight excluding hydrogens is 318 g/mol. The Balaban J connectivity index is 2.77. The van der Waals surface area contributed by atoms with Crippen LogP contribution in [0.5, 0.6) is 5.75 Å². The van der Waals surface area contributed by atoms with Crippen LogP contribution in [0.1, 0.15) is 30.6 Å². The maximum Gasteiger partial charge on any atom is 0.255 e. The lowest BCUT2D eigenvalue weighted by atomic mass is 10.0. The molecule has 1 amide bonds. The minimum Gasteiger partial charge on any atom is -0.507 e. The molecule has 0 spiro atoms.